The van der Waals surface area contributed by atoms with Crippen LogP contribution in [0.15, 0.2) is 18.3 Å². The second kappa shape index (κ2) is 6.76. The first-order chi connectivity index (χ1) is 9.56. The molecule has 1 aliphatic heterocycles. The number of thiocarbonyl (C=S) groups is 1. The second-order valence-electron chi connectivity index (χ2n) is 5.13. The quantitative estimate of drug-likeness (QED) is 0.804. The second-order valence-corrected chi connectivity index (χ2v) is 5.57. The zero-order valence-electron chi connectivity index (χ0n) is 11.6. The molecule has 1 fully saturated rings. The summed E-state index contributed by atoms with van der Waals surface area (Å²) in [6, 6.07) is 4.22. The monoisotopic (exact) mass is 292 g/mol. The third kappa shape index (κ3) is 3.98. The van der Waals surface area contributed by atoms with Crippen molar-refractivity contribution in [3.8, 4) is 0 Å². The van der Waals surface area contributed by atoms with Gasteiger partial charge in [-0.2, -0.15) is 0 Å². The maximum atomic E-state index is 11.0. The molecule has 108 valence electrons. The summed E-state index contributed by atoms with van der Waals surface area (Å²) in [5.74, 6) is 0.0477. The lowest BCUT2D eigenvalue weighted by atomic mass is 10.0. The van der Waals surface area contributed by atoms with E-state index >= 15 is 0 Å². The number of pyridine rings is 1. The Morgan fingerprint density at radius 1 is 1.55 bits per heavy atom. The fourth-order valence-corrected chi connectivity index (χ4v) is 2.74. The number of piperidine rings is 1. The lowest BCUT2D eigenvalue weighted by Crippen LogP contribution is -2.43. The average Bonchev–Trinajstić information content (AvgIpc) is 2.41. The van der Waals surface area contributed by atoms with Gasteiger partial charge in [-0.15, -0.1) is 0 Å². The Labute approximate surface area is 124 Å². The van der Waals surface area contributed by atoms with Crippen molar-refractivity contribution in [3.63, 3.8) is 0 Å². The molecule has 0 unspecified atom stereocenters. The molecule has 0 atom stereocenters. The molecule has 20 heavy (non-hydrogen) atoms. The summed E-state index contributed by atoms with van der Waals surface area (Å²) in [6.45, 7) is 4.27. The molecule has 1 aliphatic rings. The van der Waals surface area contributed by atoms with Crippen molar-refractivity contribution >= 4 is 23.1 Å². The van der Waals surface area contributed by atoms with Crippen molar-refractivity contribution in [1.29, 1.82) is 0 Å². The molecule has 0 saturated carbocycles. The lowest BCUT2D eigenvalue weighted by Gasteiger charge is -2.32. The number of likely N-dealkylation sites (tertiary alicyclic amines) is 1. The molecule has 2 rings (SSSR count). The Balaban J connectivity index is 1.93. The summed E-state index contributed by atoms with van der Waals surface area (Å²) in [4.78, 5) is 18.0. The molecule has 0 radical (unpaired) electrons. The molecule has 0 bridgehead atoms. The van der Waals surface area contributed by atoms with Crippen LogP contribution < -0.4 is 11.1 Å². The molecule has 5 nitrogen and oxygen atoms in total. The minimum Gasteiger partial charge on any atom is -0.388 e. The number of rotatable bonds is 4. The topological polar surface area (TPSA) is 71.2 Å². The van der Waals surface area contributed by atoms with E-state index in [1.807, 2.05) is 12.1 Å². The predicted octanol–water partition coefficient (Wildman–Crippen LogP) is 0.816. The highest BCUT2D eigenvalue weighted by molar-refractivity contribution is 7.80. The first kappa shape index (κ1) is 14.9. The maximum Gasteiger partial charge on any atom is 0.217 e. The van der Waals surface area contributed by atoms with Gasteiger partial charge >= 0.3 is 0 Å². The van der Waals surface area contributed by atoms with Crippen molar-refractivity contribution in [3.05, 3.63) is 29.6 Å². The van der Waals surface area contributed by atoms with E-state index < -0.39 is 0 Å². The van der Waals surface area contributed by atoms with Crippen LogP contribution in [0.3, 0.4) is 0 Å². The van der Waals surface area contributed by atoms with Crippen molar-refractivity contribution in [2.75, 3.05) is 13.1 Å². The third-order valence-electron chi connectivity index (χ3n) is 3.51. The van der Waals surface area contributed by atoms with E-state index in [4.69, 9.17) is 18.0 Å². The molecule has 0 aliphatic carbocycles. The van der Waals surface area contributed by atoms with Gasteiger partial charge in [0.15, 0.2) is 0 Å². The van der Waals surface area contributed by atoms with Gasteiger partial charge in [0, 0.05) is 38.8 Å². The molecule has 0 aromatic carbocycles. The van der Waals surface area contributed by atoms with Crippen LogP contribution in [0.1, 0.15) is 31.0 Å². The number of hydrogen-bond acceptors (Lipinski definition) is 4. The van der Waals surface area contributed by atoms with E-state index in [0.29, 0.717) is 16.7 Å². The maximum absolute atomic E-state index is 11.0. The molecule has 2 heterocycles. The zero-order chi connectivity index (χ0) is 14.5. The van der Waals surface area contributed by atoms with E-state index in [0.717, 1.165) is 38.0 Å². The van der Waals surface area contributed by atoms with Crippen LogP contribution in [0.25, 0.3) is 0 Å². The molecular formula is C14H20N4OS. The normalized spacial score (nSPS) is 16.9. The molecule has 0 spiro atoms. The lowest BCUT2D eigenvalue weighted by molar-refractivity contribution is -0.119. The average molecular weight is 292 g/mol. The van der Waals surface area contributed by atoms with Gasteiger partial charge in [-0.3, -0.25) is 14.7 Å². The summed E-state index contributed by atoms with van der Waals surface area (Å²) in [6.07, 6.45) is 3.66. The van der Waals surface area contributed by atoms with Crippen LogP contribution >= 0.6 is 12.2 Å². The summed E-state index contributed by atoms with van der Waals surface area (Å²) < 4.78 is 0. The first-order valence-electron chi connectivity index (χ1n) is 6.79. The number of hydrogen-bond donors (Lipinski definition) is 2. The Hall–Kier alpha value is -1.53. The van der Waals surface area contributed by atoms with Crippen molar-refractivity contribution in [2.24, 2.45) is 5.73 Å². The Kier molecular flexibility index (Phi) is 5.03. The number of aromatic nitrogens is 1. The number of carbonyl (C=O) groups excluding carboxylic acids is 1. The minimum atomic E-state index is 0.0477. The molecule has 1 saturated heterocycles. The van der Waals surface area contributed by atoms with Gasteiger partial charge in [0.1, 0.15) is 10.7 Å². The van der Waals surface area contributed by atoms with Gasteiger partial charge in [-0.05, 0) is 24.5 Å². The Bertz CT molecular complexity index is 498. The van der Waals surface area contributed by atoms with E-state index in [2.05, 4.69) is 15.2 Å². The summed E-state index contributed by atoms with van der Waals surface area (Å²) in [7, 11) is 0. The largest absolute Gasteiger partial charge is 0.388 e. The van der Waals surface area contributed by atoms with Crippen molar-refractivity contribution < 1.29 is 4.79 Å². The fraction of sp³-hybridized carbons (Fsp3) is 0.500. The Morgan fingerprint density at radius 3 is 2.85 bits per heavy atom. The highest BCUT2D eigenvalue weighted by Gasteiger charge is 2.20. The van der Waals surface area contributed by atoms with Gasteiger partial charge in [-0.1, -0.05) is 18.3 Å². The smallest absolute Gasteiger partial charge is 0.217 e. The molecule has 6 heteroatoms. The third-order valence-corrected chi connectivity index (χ3v) is 3.71. The van der Waals surface area contributed by atoms with E-state index in [-0.39, 0.29) is 5.91 Å². The summed E-state index contributed by atoms with van der Waals surface area (Å²) >= 11 is 5.03. The highest BCUT2D eigenvalue weighted by atomic mass is 32.1. The van der Waals surface area contributed by atoms with Crippen molar-refractivity contribution in [2.45, 2.75) is 32.4 Å². The number of nitrogens with one attached hydrogen (secondary N) is 1. The first-order valence-corrected chi connectivity index (χ1v) is 7.20. The zero-order valence-corrected chi connectivity index (χ0v) is 12.4. The van der Waals surface area contributed by atoms with E-state index in [1.165, 1.54) is 0 Å². The Morgan fingerprint density at radius 2 is 2.25 bits per heavy atom. The van der Waals surface area contributed by atoms with Gasteiger partial charge in [0.05, 0.1) is 0 Å². The minimum absolute atomic E-state index is 0.0477. The summed E-state index contributed by atoms with van der Waals surface area (Å²) in [5.41, 5.74) is 7.48. The standard InChI is InChI=1S/C14H20N4OS/c1-10(19)17-12-4-7-18(8-5-12)9-11-3-2-6-16-13(11)14(15)20/h2-3,6,12H,4-5,7-9H2,1H3,(H2,15,20)(H,17,19). The molecule has 1 aromatic heterocycles. The van der Waals surface area contributed by atoms with Gasteiger partial charge in [0.2, 0.25) is 5.91 Å². The molecule has 3 N–H and O–H groups in total. The van der Waals surface area contributed by atoms with Crippen LogP contribution in [0.5, 0.6) is 0 Å². The number of nitrogens with two attached hydrogens (primary N) is 1. The number of amides is 1. The van der Waals surface area contributed by atoms with Crippen molar-refractivity contribution in [1.82, 2.24) is 15.2 Å². The van der Waals surface area contributed by atoms with Crippen LogP contribution in [0, 0.1) is 0 Å². The molecule has 1 aromatic rings. The fourth-order valence-electron chi connectivity index (χ4n) is 2.55. The van der Waals surface area contributed by atoms with Gasteiger partial charge in [-0.25, -0.2) is 0 Å². The van der Waals surface area contributed by atoms with Crippen LogP contribution in [0.2, 0.25) is 0 Å². The number of nitrogens with zero attached hydrogens (tertiary/aromatic N) is 2. The molecule has 1 amide bonds. The van der Waals surface area contributed by atoms with E-state index in [9.17, 15) is 4.79 Å². The molecular weight excluding hydrogens is 272 g/mol. The van der Waals surface area contributed by atoms with Crippen LogP contribution in [-0.2, 0) is 11.3 Å². The van der Waals surface area contributed by atoms with Gasteiger partial charge < -0.3 is 11.1 Å². The van der Waals surface area contributed by atoms with Crippen LogP contribution in [0.4, 0.5) is 0 Å². The van der Waals surface area contributed by atoms with E-state index in [1.54, 1.807) is 13.1 Å². The summed E-state index contributed by atoms with van der Waals surface area (Å²) in [5, 5.41) is 2.98. The SMILES string of the molecule is CC(=O)NC1CCN(Cc2cccnc2C(N)=S)CC1. The highest BCUT2D eigenvalue weighted by Crippen LogP contribution is 2.15. The van der Waals surface area contributed by atoms with Crippen LogP contribution in [-0.4, -0.2) is 39.9 Å². The van der Waals surface area contributed by atoms with Gasteiger partial charge in [0.25, 0.3) is 0 Å². The predicted molar refractivity (Wildman–Crippen MR) is 82.2 cm³/mol. The number of carbonyl (C=O) groups is 1.